The largest absolute Gasteiger partial charge is 0.478 e. The lowest BCUT2D eigenvalue weighted by Crippen LogP contribution is -2.29. The Balaban J connectivity index is 2.30. The fourth-order valence-electron chi connectivity index (χ4n) is 2.17. The van der Waals surface area contributed by atoms with Gasteiger partial charge in [0, 0.05) is 24.6 Å². The van der Waals surface area contributed by atoms with E-state index in [2.05, 4.69) is 5.32 Å². The molecular weight excluding hydrogens is 232 g/mol. The van der Waals surface area contributed by atoms with Crippen molar-refractivity contribution in [2.75, 3.05) is 24.7 Å². The van der Waals surface area contributed by atoms with Crippen LogP contribution in [0.4, 0.5) is 11.4 Å². The number of nitrogen functional groups attached to an aromatic ring is 1. The highest BCUT2D eigenvalue weighted by atomic mass is 16.6. The van der Waals surface area contributed by atoms with E-state index in [9.17, 15) is 4.79 Å². The first-order valence-electron chi connectivity index (χ1n) is 6.03. The molecule has 0 fully saturated rings. The molecule has 1 heterocycles. The minimum Gasteiger partial charge on any atom is -0.478 e. The molecule has 1 aromatic carbocycles. The minimum absolute atomic E-state index is 0.0488. The Morgan fingerprint density at radius 1 is 1.56 bits per heavy atom. The standard InChI is InChI=1S/C13H18N2O3/c1-4-17-13(16)12-7(2)8-5-9(14)10(15-3)6-11(8)18-12/h5-7,12,15H,4,14H2,1-3H3. The highest BCUT2D eigenvalue weighted by molar-refractivity contribution is 5.80. The first-order chi connectivity index (χ1) is 8.58. The third kappa shape index (κ3) is 1.96. The van der Waals surface area contributed by atoms with Crippen LogP contribution in [0.5, 0.6) is 5.75 Å². The molecule has 0 saturated heterocycles. The van der Waals surface area contributed by atoms with E-state index in [0.29, 0.717) is 18.0 Å². The van der Waals surface area contributed by atoms with Crippen molar-refractivity contribution >= 4 is 17.3 Å². The quantitative estimate of drug-likeness (QED) is 0.631. The SMILES string of the molecule is CCOC(=O)C1Oc2cc(NC)c(N)cc2C1C. The molecule has 0 aliphatic carbocycles. The third-order valence-corrected chi connectivity index (χ3v) is 3.17. The van der Waals surface area contributed by atoms with E-state index in [0.717, 1.165) is 11.3 Å². The van der Waals surface area contributed by atoms with Gasteiger partial charge in [0.1, 0.15) is 5.75 Å². The predicted octanol–water partition coefficient (Wildman–Crippen LogP) is 1.74. The zero-order valence-corrected chi connectivity index (χ0v) is 10.8. The van der Waals surface area contributed by atoms with Crippen molar-refractivity contribution in [2.45, 2.75) is 25.9 Å². The Labute approximate surface area is 106 Å². The maximum Gasteiger partial charge on any atom is 0.347 e. The van der Waals surface area contributed by atoms with Gasteiger partial charge in [-0.05, 0) is 13.0 Å². The number of fused-ring (bicyclic) bond motifs is 1. The Morgan fingerprint density at radius 3 is 2.89 bits per heavy atom. The molecular formula is C13H18N2O3. The molecule has 0 spiro atoms. The molecule has 1 aliphatic heterocycles. The number of ether oxygens (including phenoxy) is 2. The van der Waals surface area contributed by atoms with Crippen LogP contribution in [0.1, 0.15) is 25.3 Å². The second kappa shape index (κ2) is 4.76. The van der Waals surface area contributed by atoms with E-state index < -0.39 is 6.10 Å². The highest BCUT2D eigenvalue weighted by Gasteiger charge is 2.37. The van der Waals surface area contributed by atoms with Crippen LogP contribution in [0, 0.1) is 0 Å². The predicted molar refractivity (Wildman–Crippen MR) is 69.9 cm³/mol. The van der Waals surface area contributed by atoms with Crippen LogP contribution >= 0.6 is 0 Å². The summed E-state index contributed by atoms with van der Waals surface area (Å²) in [7, 11) is 1.79. The highest BCUT2D eigenvalue weighted by Crippen LogP contribution is 2.42. The van der Waals surface area contributed by atoms with Gasteiger partial charge in [-0.25, -0.2) is 4.79 Å². The number of anilines is 2. The van der Waals surface area contributed by atoms with Crippen molar-refractivity contribution in [3.8, 4) is 5.75 Å². The smallest absolute Gasteiger partial charge is 0.347 e. The minimum atomic E-state index is -0.577. The summed E-state index contributed by atoms with van der Waals surface area (Å²) < 4.78 is 10.7. The lowest BCUT2D eigenvalue weighted by atomic mass is 9.97. The zero-order chi connectivity index (χ0) is 13.3. The van der Waals surface area contributed by atoms with Gasteiger partial charge in [-0.3, -0.25) is 0 Å². The van der Waals surface area contributed by atoms with Crippen LogP contribution in [0.3, 0.4) is 0 Å². The average molecular weight is 250 g/mol. The Kier molecular flexibility index (Phi) is 3.32. The molecule has 2 atom stereocenters. The number of hydrogen-bond donors (Lipinski definition) is 2. The van der Waals surface area contributed by atoms with E-state index in [4.69, 9.17) is 15.2 Å². The number of hydrogen-bond acceptors (Lipinski definition) is 5. The van der Waals surface area contributed by atoms with Gasteiger partial charge < -0.3 is 20.5 Å². The van der Waals surface area contributed by atoms with Crippen molar-refractivity contribution in [3.63, 3.8) is 0 Å². The number of nitrogens with one attached hydrogen (secondary N) is 1. The summed E-state index contributed by atoms with van der Waals surface area (Å²) in [4.78, 5) is 11.8. The third-order valence-electron chi connectivity index (χ3n) is 3.17. The summed E-state index contributed by atoms with van der Waals surface area (Å²) >= 11 is 0. The number of carbonyl (C=O) groups is 1. The molecule has 0 amide bonds. The summed E-state index contributed by atoms with van der Waals surface area (Å²) in [6.45, 7) is 4.07. The number of carbonyl (C=O) groups excluding carboxylic acids is 1. The molecule has 0 radical (unpaired) electrons. The van der Waals surface area contributed by atoms with E-state index in [1.165, 1.54) is 0 Å². The van der Waals surface area contributed by atoms with Crippen LogP contribution < -0.4 is 15.8 Å². The van der Waals surface area contributed by atoms with Gasteiger partial charge in [0.05, 0.1) is 18.0 Å². The first-order valence-corrected chi connectivity index (χ1v) is 6.03. The van der Waals surface area contributed by atoms with Crippen molar-refractivity contribution in [3.05, 3.63) is 17.7 Å². The van der Waals surface area contributed by atoms with E-state index >= 15 is 0 Å². The van der Waals surface area contributed by atoms with E-state index in [1.807, 2.05) is 19.1 Å². The molecule has 0 bridgehead atoms. The van der Waals surface area contributed by atoms with Crippen LogP contribution in [0.15, 0.2) is 12.1 Å². The van der Waals surface area contributed by atoms with E-state index in [-0.39, 0.29) is 11.9 Å². The molecule has 2 unspecified atom stereocenters. The van der Waals surface area contributed by atoms with Gasteiger partial charge in [0.25, 0.3) is 0 Å². The van der Waals surface area contributed by atoms with E-state index in [1.54, 1.807) is 14.0 Å². The van der Waals surface area contributed by atoms with Crippen LogP contribution in [0.2, 0.25) is 0 Å². The topological polar surface area (TPSA) is 73.6 Å². The van der Waals surface area contributed by atoms with Crippen molar-refractivity contribution < 1.29 is 14.3 Å². The molecule has 0 aromatic heterocycles. The molecule has 5 nitrogen and oxygen atoms in total. The summed E-state index contributed by atoms with van der Waals surface area (Å²) in [5.74, 6) is 0.317. The van der Waals surface area contributed by atoms with Crippen molar-refractivity contribution in [2.24, 2.45) is 0 Å². The van der Waals surface area contributed by atoms with Gasteiger partial charge in [-0.1, -0.05) is 6.92 Å². The van der Waals surface area contributed by atoms with Gasteiger partial charge in [-0.15, -0.1) is 0 Å². The van der Waals surface area contributed by atoms with Crippen LogP contribution in [-0.4, -0.2) is 25.7 Å². The van der Waals surface area contributed by atoms with Gasteiger partial charge in [-0.2, -0.15) is 0 Å². The number of rotatable bonds is 3. The number of benzene rings is 1. The summed E-state index contributed by atoms with van der Waals surface area (Å²) in [6.07, 6.45) is -0.577. The molecule has 98 valence electrons. The Morgan fingerprint density at radius 2 is 2.28 bits per heavy atom. The molecule has 3 N–H and O–H groups in total. The van der Waals surface area contributed by atoms with Crippen LogP contribution in [-0.2, 0) is 9.53 Å². The van der Waals surface area contributed by atoms with Gasteiger partial charge >= 0.3 is 5.97 Å². The summed E-state index contributed by atoms with van der Waals surface area (Å²) in [5.41, 5.74) is 8.31. The molecule has 0 saturated carbocycles. The fourth-order valence-corrected chi connectivity index (χ4v) is 2.17. The number of nitrogens with two attached hydrogens (primary N) is 1. The Hall–Kier alpha value is -1.91. The molecule has 2 rings (SSSR count). The Bertz CT molecular complexity index is 474. The van der Waals surface area contributed by atoms with Crippen molar-refractivity contribution in [1.29, 1.82) is 0 Å². The molecule has 1 aromatic rings. The normalized spacial score (nSPS) is 21.1. The second-order valence-electron chi connectivity index (χ2n) is 4.31. The fraction of sp³-hybridized carbons (Fsp3) is 0.462. The van der Waals surface area contributed by atoms with Crippen molar-refractivity contribution in [1.82, 2.24) is 0 Å². The molecule has 1 aliphatic rings. The zero-order valence-electron chi connectivity index (χ0n) is 10.8. The average Bonchev–Trinajstić information content (AvgIpc) is 2.66. The second-order valence-corrected chi connectivity index (χ2v) is 4.31. The molecule has 18 heavy (non-hydrogen) atoms. The van der Waals surface area contributed by atoms with Gasteiger partial charge in [0.2, 0.25) is 6.10 Å². The lowest BCUT2D eigenvalue weighted by molar-refractivity contribution is -0.151. The first kappa shape index (κ1) is 12.5. The summed E-state index contributed by atoms with van der Waals surface area (Å²) in [6, 6.07) is 3.67. The van der Waals surface area contributed by atoms with Gasteiger partial charge in [0.15, 0.2) is 0 Å². The summed E-state index contributed by atoms with van der Waals surface area (Å²) in [5, 5.41) is 2.99. The maximum atomic E-state index is 11.8. The van der Waals surface area contributed by atoms with Crippen LogP contribution in [0.25, 0.3) is 0 Å². The lowest BCUT2D eigenvalue weighted by Gasteiger charge is -2.13. The number of esters is 1. The maximum absolute atomic E-state index is 11.8. The molecule has 5 heteroatoms. The monoisotopic (exact) mass is 250 g/mol.